The Morgan fingerprint density at radius 3 is 2.42 bits per heavy atom. The summed E-state index contributed by atoms with van der Waals surface area (Å²) in [7, 11) is 0. The van der Waals surface area contributed by atoms with Gasteiger partial charge in [0.1, 0.15) is 16.3 Å². The molecule has 0 unspecified atom stereocenters. The summed E-state index contributed by atoms with van der Waals surface area (Å²) in [5, 5.41) is 28.7. The van der Waals surface area contributed by atoms with Gasteiger partial charge in [-0.05, 0) is 61.9 Å². The number of hydrogen-bond donors (Lipinski definition) is 4. The highest BCUT2D eigenvalue weighted by atomic mass is 32.1. The molecule has 0 spiro atoms. The number of aromatic nitrogens is 3. The fourth-order valence-electron chi connectivity index (χ4n) is 4.18. The van der Waals surface area contributed by atoms with E-state index in [0.29, 0.717) is 10.7 Å². The maximum atomic E-state index is 12.9. The summed E-state index contributed by atoms with van der Waals surface area (Å²) in [5.74, 6) is 0.0737. The maximum Gasteiger partial charge on any atom is 0.503 e. The maximum absolute atomic E-state index is 12.9. The molecule has 0 radical (unpaired) electrons. The second-order valence-electron chi connectivity index (χ2n) is 8.77. The Morgan fingerprint density at radius 2 is 1.78 bits per heavy atom. The van der Waals surface area contributed by atoms with Gasteiger partial charge in [0.2, 0.25) is 5.95 Å². The van der Waals surface area contributed by atoms with Gasteiger partial charge in [-0.25, -0.2) is 19.7 Å². The second kappa shape index (κ2) is 11.2. The summed E-state index contributed by atoms with van der Waals surface area (Å²) in [6.07, 6.45) is 1.92. The molecular weight excluding hydrogens is 497 g/mol. The van der Waals surface area contributed by atoms with Crippen LogP contribution in [-0.4, -0.2) is 36.4 Å². The number of thiazole rings is 1. The highest BCUT2D eigenvalue weighted by molar-refractivity contribution is 7.15. The average molecular weight is 525 g/mol. The van der Waals surface area contributed by atoms with Crippen LogP contribution in [0.4, 0.5) is 29.6 Å². The first-order valence-electron chi connectivity index (χ1n) is 11.3. The second-order valence-corrected chi connectivity index (χ2v) is 9.80. The van der Waals surface area contributed by atoms with Gasteiger partial charge in [0, 0.05) is 18.1 Å². The predicted octanol–water partition coefficient (Wildman–Crippen LogP) is 6.68. The minimum absolute atomic E-state index is 0.124. The first-order chi connectivity index (χ1) is 16.9. The van der Waals surface area contributed by atoms with Crippen molar-refractivity contribution in [2.75, 3.05) is 5.32 Å². The topological polar surface area (TPSA) is 128 Å². The quantitative estimate of drug-likeness (QED) is 0.291. The lowest BCUT2D eigenvalue weighted by atomic mass is 9.78. The largest absolute Gasteiger partial charge is 0.503 e. The van der Waals surface area contributed by atoms with Gasteiger partial charge in [0.25, 0.3) is 0 Å². The number of alkyl halides is 3. The van der Waals surface area contributed by atoms with Crippen molar-refractivity contribution in [2.24, 2.45) is 5.92 Å². The molecule has 1 saturated carbocycles. The van der Waals surface area contributed by atoms with Crippen molar-refractivity contribution in [2.45, 2.75) is 57.7 Å². The molecule has 1 fully saturated rings. The van der Waals surface area contributed by atoms with Crippen LogP contribution in [0.2, 0.25) is 0 Å². The number of rotatable bonds is 5. The van der Waals surface area contributed by atoms with Gasteiger partial charge in [-0.15, -0.1) is 11.3 Å². The Morgan fingerprint density at radius 1 is 1.11 bits per heavy atom. The molecule has 1 aromatic carbocycles. The number of hydrogen-bond acceptors (Lipinski definition) is 7. The number of benzene rings is 1. The Hall–Kier alpha value is -3.25. The molecule has 8 nitrogen and oxygen atoms in total. The molecule has 36 heavy (non-hydrogen) atoms. The van der Waals surface area contributed by atoms with Crippen molar-refractivity contribution in [3.63, 3.8) is 0 Å². The highest BCUT2D eigenvalue weighted by Crippen LogP contribution is 2.42. The summed E-state index contributed by atoms with van der Waals surface area (Å²) >= 11 is 1.45. The van der Waals surface area contributed by atoms with E-state index < -0.39 is 23.6 Å². The van der Waals surface area contributed by atoms with Crippen LogP contribution >= 0.6 is 11.3 Å². The summed E-state index contributed by atoms with van der Waals surface area (Å²) in [4.78, 5) is 21.4. The molecule has 4 rings (SSSR count). The summed E-state index contributed by atoms with van der Waals surface area (Å²) in [5.41, 5.74) is 0.391. The van der Waals surface area contributed by atoms with Gasteiger partial charge in [0.15, 0.2) is 0 Å². The molecule has 12 heteroatoms. The minimum Gasteiger partial charge on any atom is -0.450 e. The Kier molecular flexibility index (Phi) is 8.51. The molecule has 1 aliphatic rings. The fourth-order valence-corrected chi connectivity index (χ4v) is 5.21. The molecule has 0 saturated heterocycles. The summed E-state index contributed by atoms with van der Waals surface area (Å²) in [6.45, 7) is 3.75. The van der Waals surface area contributed by atoms with Gasteiger partial charge in [-0.2, -0.15) is 13.2 Å². The molecule has 194 valence electrons. The van der Waals surface area contributed by atoms with E-state index >= 15 is 0 Å². The minimum atomic E-state index is -4.54. The van der Waals surface area contributed by atoms with Gasteiger partial charge in [-0.1, -0.05) is 25.3 Å². The number of aryl methyl sites for hydroxylation is 1. The van der Waals surface area contributed by atoms with E-state index in [2.05, 4.69) is 20.3 Å². The van der Waals surface area contributed by atoms with Crippen molar-refractivity contribution >= 4 is 29.1 Å². The lowest BCUT2D eigenvalue weighted by Crippen LogP contribution is -2.33. The van der Waals surface area contributed by atoms with Crippen LogP contribution in [0.15, 0.2) is 36.7 Å². The number of nitrogens with zero attached hydrogens (tertiary/aromatic N) is 3. The van der Waals surface area contributed by atoms with E-state index in [1.54, 1.807) is 6.20 Å². The average Bonchev–Trinajstić information content (AvgIpc) is 3.30. The van der Waals surface area contributed by atoms with Gasteiger partial charge in [-0.3, -0.25) is 0 Å². The Balaban J connectivity index is 0.000000840. The number of carboxylic acid groups (broad SMARTS) is 2. The van der Waals surface area contributed by atoms with Crippen LogP contribution in [0.3, 0.4) is 0 Å². The highest BCUT2D eigenvalue weighted by Gasteiger charge is 2.37. The number of aliphatic hydroxyl groups is 1. The molecule has 0 aliphatic heterocycles. The van der Waals surface area contributed by atoms with E-state index in [1.165, 1.54) is 17.8 Å². The van der Waals surface area contributed by atoms with Gasteiger partial charge in [0.05, 0.1) is 4.88 Å². The molecule has 2 aromatic heterocycles. The number of carbonyl (C=O) groups is 1. The van der Waals surface area contributed by atoms with E-state index in [1.807, 2.05) is 32.0 Å². The molecular formula is C24H27F3N4O4S. The third-order valence-electron chi connectivity index (χ3n) is 5.90. The van der Waals surface area contributed by atoms with Crippen LogP contribution in [0.5, 0.6) is 0 Å². The van der Waals surface area contributed by atoms with E-state index in [9.17, 15) is 18.3 Å². The van der Waals surface area contributed by atoms with Crippen LogP contribution in [0.25, 0.3) is 10.4 Å². The first kappa shape index (κ1) is 27.3. The van der Waals surface area contributed by atoms with Gasteiger partial charge < -0.3 is 20.6 Å². The van der Waals surface area contributed by atoms with Crippen LogP contribution in [0.1, 0.15) is 55.3 Å². The zero-order valence-corrected chi connectivity index (χ0v) is 20.5. The van der Waals surface area contributed by atoms with Gasteiger partial charge >= 0.3 is 12.3 Å². The van der Waals surface area contributed by atoms with Crippen molar-refractivity contribution in [1.82, 2.24) is 15.0 Å². The third kappa shape index (κ3) is 7.14. The third-order valence-corrected chi connectivity index (χ3v) is 7.18. The summed E-state index contributed by atoms with van der Waals surface area (Å²) in [6, 6.07) is 6.45. The molecule has 0 amide bonds. The Labute approximate surface area is 209 Å². The standard InChI is InChI=1S/C23H25F3N4OS.CH2O3/c1-14-10-15(12-17(11-14)29-21-27-9-8-19(30-21)23(24,25)26)18-13-28-20(32-18)22(2,31)16-6-4-3-5-7-16;2-1(3)4/h8-13,16,31H,3-7H2,1-2H3,(H,27,29,30);(H2,2,3,4)/t22-;/m0./s1. The zero-order chi connectivity index (χ0) is 26.5. The Bertz CT molecular complexity index is 1190. The fraction of sp³-hybridized carbons (Fsp3) is 0.417. The lowest BCUT2D eigenvalue weighted by molar-refractivity contribution is -0.141. The molecule has 4 N–H and O–H groups in total. The van der Waals surface area contributed by atoms with Crippen molar-refractivity contribution in [3.8, 4) is 10.4 Å². The molecule has 0 bridgehead atoms. The van der Waals surface area contributed by atoms with E-state index in [0.717, 1.165) is 54.0 Å². The molecule has 2 heterocycles. The first-order valence-corrected chi connectivity index (χ1v) is 12.1. The van der Waals surface area contributed by atoms with Crippen molar-refractivity contribution < 1.29 is 33.3 Å². The monoisotopic (exact) mass is 524 g/mol. The lowest BCUT2D eigenvalue weighted by Gasteiger charge is -2.33. The number of anilines is 2. The van der Waals surface area contributed by atoms with E-state index in [-0.39, 0.29) is 11.9 Å². The molecule has 1 atom stereocenters. The van der Waals surface area contributed by atoms with Crippen molar-refractivity contribution in [1.29, 1.82) is 0 Å². The van der Waals surface area contributed by atoms with Crippen LogP contribution in [-0.2, 0) is 11.8 Å². The summed E-state index contributed by atoms with van der Waals surface area (Å²) < 4.78 is 38.8. The molecule has 3 aromatic rings. The van der Waals surface area contributed by atoms with Crippen molar-refractivity contribution in [3.05, 3.63) is 52.9 Å². The normalized spacial score (nSPS) is 15.9. The number of nitrogens with one attached hydrogen (secondary N) is 1. The smallest absolute Gasteiger partial charge is 0.450 e. The van der Waals surface area contributed by atoms with Crippen LogP contribution < -0.4 is 5.32 Å². The SMILES string of the molecule is Cc1cc(Nc2nccc(C(F)(F)F)n2)cc(-c2cnc([C@@](C)(O)C3CCCCC3)s2)c1.O=C(O)O. The predicted molar refractivity (Wildman–Crippen MR) is 129 cm³/mol. The van der Waals surface area contributed by atoms with Crippen LogP contribution in [0, 0.1) is 12.8 Å². The zero-order valence-electron chi connectivity index (χ0n) is 19.7. The molecule has 1 aliphatic carbocycles. The van der Waals surface area contributed by atoms with E-state index in [4.69, 9.17) is 15.0 Å². The number of halogens is 3.